The molecule has 2 rings (SSSR count). The molecule has 3 nitrogen and oxygen atoms in total. The van der Waals surface area contributed by atoms with Crippen LogP contribution in [0.3, 0.4) is 0 Å². The summed E-state index contributed by atoms with van der Waals surface area (Å²) in [6, 6.07) is 4.25. The smallest absolute Gasteiger partial charge is 0.168 e. The summed E-state index contributed by atoms with van der Waals surface area (Å²) >= 11 is 0. The molecule has 0 amide bonds. The summed E-state index contributed by atoms with van der Waals surface area (Å²) < 4.78 is 1.84. The van der Waals surface area contributed by atoms with E-state index in [2.05, 4.69) is 5.43 Å². The first-order valence-electron chi connectivity index (χ1n) is 5.29. The van der Waals surface area contributed by atoms with Crippen LogP contribution in [0.4, 0.5) is 0 Å². The molecular formula is C11H16N2O. The largest absolute Gasteiger partial charge is 0.323 e. The van der Waals surface area contributed by atoms with Crippen LogP contribution in [0.1, 0.15) is 42.6 Å². The van der Waals surface area contributed by atoms with E-state index in [1.165, 1.54) is 32.1 Å². The number of rotatable bonds is 3. The minimum atomic E-state index is 0.537. The van der Waals surface area contributed by atoms with Crippen LogP contribution >= 0.6 is 0 Å². The summed E-state index contributed by atoms with van der Waals surface area (Å²) in [5.41, 5.74) is 4.07. The van der Waals surface area contributed by atoms with Crippen molar-refractivity contribution in [3.63, 3.8) is 0 Å². The Morgan fingerprint density at radius 2 is 2.14 bits per heavy atom. The predicted molar refractivity (Wildman–Crippen MR) is 56.1 cm³/mol. The maximum Gasteiger partial charge on any atom is 0.168 e. The standard InChI is InChI=1S/C11H16N2O/c14-9-11-7-4-8-13(11)12-10-5-2-1-3-6-10/h4,7-10,12H,1-3,5-6H2. The molecule has 1 aliphatic rings. The molecule has 0 saturated heterocycles. The molecule has 0 radical (unpaired) electrons. The van der Waals surface area contributed by atoms with Crippen LogP contribution in [0.2, 0.25) is 0 Å². The number of nitrogens with zero attached hydrogens (tertiary/aromatic N) is 1. The van der Waals surface area contributed by atoms with Crippen LogP contribution in [-0.2, 0) is 0 Å². The van der Waals surface area contributed by atoms with Crippen molar-refractivity contribution in [2.75, 3.05) is 5.43 Å². The second-order valence-electron chi connectivity index (χ2n) is 3.88. The SMILES string of the molecule is O=Cc1cccn1NC1CCCCC1. The summed E-state index contributed by atoms with van der Waals surface area (Å²) in [5, 5.41) is 0. The fourth-order valence-electron chi connectivity index (χ4n) is 2.04. The van der Waals surface area contributed by atoms with Gasteiger partial charge in [-0.1, -0.05) is 19.3 Å². The number of nitrogens with one attached hydrogen (secondary N) is 1. The van der Waals surface area contributed by atoms with Gasteiger partial charge in [-0.15, -0.1) is 0 Å². The van der Waals surface area contributed by atoms with E-state index in [-0.39, 0.29) is 0 Å². The second-order valence-corrected chi connectivity index (χ2v) is 3.88. The molecule has 0 unspecified atom stereocenters. The molecular weight excluding hydrogens is 176 g/mol. The molecule has 0 spiro atoms. The van der Waals surface area contributed by atoms with Gasteiger partial charge in [0.15, 0.2) is 6.29 Å². The van der Waals surface area contributed by atoms with Crippen molar-refractivity contribution in [3.8, 4) is 0 Å². The van der Waals surface area contributed by atoms with Crippen molar-refractivity contribution in [3.05, 3.63) is 24.0 Å². The molecule has 1 aliphatic carbocycles. The van der Waals surface area contributed by atoms with Crippen LogP contribution in [0, 0.1) is 0 Å². The molecule has 1 fully saturated rings. The second kappa shape index (κ2) is 4.31. The average Bonchev–Trinajstić information content (AvgIpc) is 2.67. The molecule has 0 aliphatic heterocycles. The number of carbonyl (C=O) groups excluding carboxylic acids is 1. The van der Waals surface area contributed by atoms with E-state index in [9.17, 15) is 4.79 Å². The van der Waals surface area contributed by atoms with Crippen molar-refractivity contribution >= 4 is 6.29 Å². The molecule has 76 valence electrons. The Bertz CT molecular complexity index is 300. The lowest BCUT2D eigenvalue weighted by molar-refractivity contribution is 0.111. The lowest BCUT2D eigenvalue weighted by Crippen LogP contribution is -2.30. The van der Waals surface area contributed by atoms with Gasteiger partial charge in [-0.25, -0.2) is 0 Å². The summed E-state index contributed by atoms with van der Waals surface area (Å²) in [6.07, 6.45) is 9.18. The van der Waals surface area contributed by atoms with Crippen molar-refractivity contribution in [2.24, 2.45) is 0 Å². The van der Waals surface area contributed by atoms with Gasteiger partial charge >= 0.3 is 0 Å². The molecule has 3 heteroatoms. The highest BCUT2D eigenvalue weighted by Crippen LogP contribution is 2.18. The predicted octanol–water partition coefficient (Wildman–Crippen LogP) is 2.18. The molecule has 1 N–H and O–H groups in total. The van der Waals surface area contributed by atoms with E-state index in [0.29, 0.717) is 11.7 Å². The zero-order valence-corrected chi connectivity index (χ0v) is 8.28. The first-order valence-corrected chi connectivity index (χ1v) is 5.29. The van der Waals surface area contributed by atoms with Crippen LogP contribution in [0.25, 0.3) is 0 Å². The Kier molecular flexibility index (Phi) is 2.87. The van der Waals surface area contributed by atoms with Gasteiger partial charge < -0.3 is 5.43 Å². The van der Waals surface area contributed by atoms with Gasteiger partial charge in [0, 0.05) is 12.2 Å². The van der Waals surface area contributed by atoms with Gasteiger partial charge in [0.2, 0.25) is 0 Å². The van der Waals surface area contributed by atoms with Gasteiger partial charge in [0.25, 0.3) is 0 Å². The normalized spacial score (nSPS) is 18.0. The molecule has 1 aromatic heterocycles. The Balaban J connectivity index is 1.98. The molecule has 0 atom stereocenters. The number of carbonyl (C=O) groups is 1. The van der Waals surface area contributed by atoms with Crippen molar-refractivity contribution in [1.82, 2.24) is 4.68 Å². The van der Waals surface area contributed by atoms with E-state index >= 15 is 0 Å². The monoisotopic (exact) mass is 192 g/mol. The highest BCUT2D eigenvalue weighted by atomic mass is 16.1. The van der Waals surface area contributed by atoms with Crippen molar-refractivity contribution in [1.29, 1.82) is 0 Å². The van der Waals surface area contributed by atoms with Gasteiger partial charge in [-0.3, -0.25) is 9.47 Å². The number of hydrogen-bond donors (Lipinski definition) is 1. The van der Waals surface area contributed by atoms with E-state index < -0.39 is 0 Å². The molecule has 0 aromatic carbocycles. The quantitative estimate of drug-likeness (QED) is 0.745. The van der Waals surface area contributed by atoms with E-state index in [1.807, 2.05) is 23.0 Å². The number of hydrogen-bond acceptors (Lipinski definition) is 2. The zero-order valence-electron chi connectivity index (χ0n) is 8.28. The molecule has 1 aromatic rings. The first-order chi connectivity index (χ1) is 6.90. The highest BCUT2D eigenvalue weighted by molar-refractivity contribution is 5.72. The fraction of sp³-hybridized carbons (Fsp3) is 0.545. The lowest BCUT2D eigenvalue weighted by atomic mass is 9.96. The topological polar surface area (TPSA) is 34.0 Å². The molecule has 1 saturated carbocycles. The fourth-order valence-corrected chi connectivity index (χ4v) is 2.04. The third-order valence-electron chi connectivity index (χ3n) is 2.83. The Labute approximate surface area is 84.1 Å². The average molecular weight is 192 g/mol. The van der Waals surface area contributed by atoms with E-state index in [1.54, 1.807) is 0 Å². The Morgan fingerprint density at radius 1 is 1.36 bits per heavy atom. The third-order valence-corrected chi connectivity index (χ3v) is 2.83. The number of aldehydes is 1. The van der Waals surface area contributed by atoms with E-state index in [4.69, 9.17) is 0 Å². The summed E-state index contributed by atoms with van der Waals surface area (Å²) in [4.78, 5) is 10.7. The minimum Gasteiger partial charge on any atom is -0.323 e. The molecule has 14 heavy (non-hydrogen) atoms. The lowest BCUT2D eigenvalue weighted by Gasteiger charge is -2.24. The first kappa shape index (κ1) is 9.31. The van der Waals surface area contributed by atoms with Crippen molar-refractivity contribution in [2.45, 2.75) is 38.1 Å². The van der Waals surface area contributed by atoms with Gasteiger partial charge in [0.1, 0.15) is 5.69 Å². The minimum absolute atomic E-state index is 0.537. The summed E-state index contributed by atoms with van der Waals surface area (Å²) in [6.45, 7) is 0. The molecule has 1 heterocycles. The van der Waals surface area contributed by atoms with Crippen LogP contribution in [0.15, 0.2) is 18.3 Å². The van der Waals surface area contributed by atoms with Crippen LogP contribution in [-0.4, -0.2) is 17.0 Å². The van der Waals surface area contributed by atoms with Gasteiger partial charge in [-0.2, -0.15) is 0 Å². The highest BCUT2D eigenvalue weighted by Gasteiger charge is 2.13. The Hall–Kier alpha value is -1.25. The number of aromatic nitrogens is 1. The molecule has 0 bridgehead atoms. The summed E-state index contributed by atoms with van der Waals surface area (Å²) in [7, 11) is 0. The van der Waals surface area contributed by atoms with Crippen LogP contribution < -0.4 is 5.43 Å². The maximum atomic E-state index is 10.7. The Morgan fingerprint density at radius 3 is 2.86 bits per heavy atom. The summed E-state index contributed by atoms with van der Waals surface area (Å²) in [5.74, 6) is 0. The van der Waals surface area contributed by atoms with E-state index in [0.717, 1.165) is 6.29 Å². The third kappa shape index (κ3) is 1.97. The van der Waals surface area contributed by atoms with Crippen molar-refractivity contribution < 1.29 is 4.79 Å². The van der Waals surface area contributed by atoms with Gasteiger partial charge in [0.05, 0.1) is 0 Å². The van der Waals surface area contributed by atoms with Gasteiger partial charge in [-0.05, 0) is 25.0 Å². The van der Waals surface area contributed by atoms with Crippen LogP contribution in [0.5, 0.6) is 0 Å². The zero-order chi connectivity index (χ0) is 9.80. The maximum absolute atomic E-state index is 10.7.